The highest BCUT2D eigenvalue weighted by Crippen LogP contribution is 2.30. The molecule has 0 heterocycles. The third-order valence-corrected chi connectivity index (χ3v) is 2.37. The number of hydrogen-bond donors (Lipinski definition) is 2. The van der Waals surface area contributed by atoms with Gasteiger partial charge in [-0.3, -0.25) is 9.59 Å². The van der Waals surface area contributed by atoms with Crippen molar-refractivity contribution in [1.29, 1.82) is 0 Å². The van der Waals surface area contributed by atoms with Gasteiger partial charge in [-0.25, -0.2) is 0 Å². The van der Waals surface area contributed by atoms with E-state index >= 15 is 0 Å². The summed E-state index contributed by atoms with van der Waals surface area (Å²) in [5, 5.41) is 8.77. The molecule has 1 unspecified atom stereocenters. The van der Waals surface area contributed by atoms with Crippen LogP contribution in [0.4, 0.5) is 0 Å². The molecule has 0 aliphatic carbocycles. The largest absolute Gasteiger partial charge is 0.481 e. The highest BCUT2D eigenvalue weighted by atomic mass is 16.7. The van der Waals surface area contributed by atoms with E-state index in [1.807, 2.05) is 0 Å². The fourth-order valence-corrected chi connectivity index (χ4v) is 1.60. The minimum atomic E-state index is -1.01. The minimum Gasteiger partial charge on any atom is -0.481 e. The first-order valence-electron chi connectivity index (χ1n) is 5.85. The van der Waals surface area contributed by atoms with Gasteiger partial charge in [-0.15, -0.1) is 0 Å². The van der Waals surface area contributed by atoms with Gasteiger partial charge < -0.3 is 25.1 Å². The predicted molar refractivity (Wildman–Crippen MR) is 69.4 cm³/mol. The Hall–Kier alpha value is -2.12. The quantitative estimate of drug-likeness (QED) is 0.437. The first-order valence-corrected chi connectivity index (χ1v) is 5.85. The molecule has 0 aliphatic heterocycles. The molecule has 0 saturated carbocycles. The van der Waals surface area contributed by atoms with Crippen molar-refractivity contribution in [3.05, 3.63) is 23.8 Å². The second kappa shape index (κ2) is 7.46. The Morgan fingerprint density at radius 3 is 2.65 bits per heavy atom. The van der Waals surface area contributed by atoms with E-state index in [-0.39, 0.29) is 19.0 Å². The number of rotatable bonds is 7. The third-order valence-electron chi connectivity index (χ3n) is 2.37. The Bertz CT molecular complexity index is 488. The zero-order valence-electron chi connectivity index (χ0n) is 11.3. The zero-order chi connectivity index (χ0) is 15.1. The van der Waals surface area contributed by atoms with Crippen molar-refractivity contribution in [2.75, 3.05) is 13.9 Å². The van der Waals surface area contributed by atoms with E-state index in [2.05, 4.69) is 0 Å². The van der Waals surface area contributed by atoms with Crippen molar-refractivity contribution in [3.8, 4) is 11.5 Å². The molecule has 0 aromatic heterocycles. The molecule has 0 aliphatic rings. The molecule has 20 heavy (non-hydrogen) atoms. The molecule has 0 fully saturated rings. The van der Waals surface area contributed by atoms with Crippen LogP contribution in [-0.2, 0) is 14.3 Å². The summed E-state index contributed by atoms with van der Waals surface area (Å²) in [5.74, 6) is -0.876. The molecule has 1 atom stereocenters. The Kier molecular flexibility index (Phi) is 5.95. The van der Waals surface area contributed by atoms with Gasteiger partial charge in [-0.1, -0.05) is 6.07 Å². The first-order chi connectivity index (χ1) is 9.43. The molecular formula is C13H17NO6. The van der Waals surface area contributed by atoms with Crippen LogP contribution in [0.15, 0.2) is 18.2 Å². The van der Waals surface area contributed by atoms with Crippen LogP contribution in [0.5, 0.6) is 11.5 Å². The van der Waals surface area contributed by atoms with Crippen LogP contribution in [0.2, 0.25) is 0 Å². The molecule has 0 spiro atoms. The van der Waals surface area contributed by atoms with E-state index in [1.54, 1.807) is 6.07 Å². The average Bonchev–Trinajstić information content (AvgIpc) is 2.34. The summed E-state index contributed by atoms with van der Waals surface area (Å²) in [6.45, 7) is 1.25. The molecule has 0 radical (unpaired) electrons. The van der Waals surface area contributed by atoms with Gasteiger partial charge in [0, 0.05) is 31.7 Å². The number of carboxylic acids is 1. The zero-order valence-corrected chi connectivity index (χ0v) is 11.3. The molecule has 0 bridgehead atoms. The van der Waals surface area contributed by atoms with E-state index < -0.39 is 18.0 Å². The maximum absolute atomic E-state index is 10.9. The number of benzene rings is 1. The number of carboxylic acid groups (broad SMARTS) is 1. The topological polar surface area (TPSA) is 108 Å². The predicted octanol–water partition coefficient (Wildman–Crippen LogP) is 1.07. The monoisotopic (exact) mass is 283 g/mol. The SMILES string of the molecule is COCOc1cc(OC(C)=O)ccc1C(N)CC(=O)O. The Morgan fingerprint density at radius 1 is 1.40 bits per heavy atom. The third kappa shape index (κ3) is 4.87. The van der Waals surface area contributed by atoms with Crippen LogP contribution >= 0.6 is 0 Å². The molecule has 3 N–H and O–H groups in total. The Labute approximate surface area is 116 Å². The van der Waals surface area contributed by atoms with Crippen LogP contribution in [0.25, 0.3) is 0 Å². The van der Waals surface area contributed by atoms with Gasteiger partial charge in [0.1, 0.15) is 11.5 Å². The molecule has 110 valence electrons. The fourth-order valence-electron chi connectivity index (χ4n) is 1.60. The molecule has 0 amide bonds. The summed E-state index contributed by atoms with van der Waals surface area (Å²) in [5.41, 5.74) is 6.31. The van der Waals surface area contributed by atoms with Crippen LogP contribution in [-0.4, -0.2) is 30.9 Å². The lowest BCUT2D eigenvalue weighted by Gasteiger charge is -2.16. The van der Waals surface area contributed by atoms with Crippen LogP contribution in [0.1, 0.15) is 24.9 Å². The van der Waals surface area contributed by atoms with Crippen LogP contribution in [0, 0.1) is 0 Å². The second-order valence-electron chi connectivity index (χ2n) is 4.05. The van der Waals surface area contributed by atoms with Crippen molar-refractivity contribution in [3.63, 3.8) is 0 Å². The maximum Gasteiger partial charge on any atom is 0.308 e. The van der Waals surface area contributed by atoms with Crippen molar-refractivity contribution < 1.29 is 28.9 Å². The summed E-state index contributed by atoms with van der Waals surface area (Å²) >= 11 is 0. The molecule has 0 saturated heterocycles. The highest BCUT2D eigenvalue weighted by Gasteiger charge is 2.17. The van der Waals surface area contributed by atoms with Gasteiger partial charge in [0.15, 0.2) is 6.79 Å². The summed E-state index contributed by atoms with van der Waals surface area (Å²) in [6.07, 6.45) is -0.240. The Balaban J connectivity index is 3.01. The summed E-state index contributed by atoms with van der Waals surface area (Å²) in [4.78, 5) is 21.6. The van der Waals surface area contributed by atoms with E-state index in [0.29, 0.717) is 11.3 Å². The molecular weight excluding hydrogens is 266 g/mol. The van der Waals surface area contributed by atoms with Gasteiger partial charge in [0.2, 0.25) is 0 Å². The van der Waals surface area contributed by atoms with Crippen molar-refractivity contribution in [2.45, 2.75) is 19.4 Å². The molecule has 1 aromatic rings. The van der Waals surface area contributed by atoms with E-state index in [4.69, 9.17) is 25.1 Å². The summed E-state index contributed by atoms with van der Waals surface area (Å²) in [7, 11) is 1.45. The first kappa shape index (κ1) is 15.9. The van der Waals surface area contributed by atoms with Crippen molar-refractivity contribution in [1.82, 2.24) is 0 Å². The van der Waals surface area contributed by atoms with Crippen LogP contribution < -0.4 is 15.2 Å². The van der Waals surface area contributed by atoms with Gasteiger partial charge in [0.25, 0.3) is 0 Å². The number of methoxy groups -OCH3 is 1. The van der Waals surface area contributed by atoms with E-state index in [0.717, 1.165) is 0 Å². The smallest absolute Gasteiger partial charge is 0.308 e. The summed E-state index contributed by atoms with van der Waals surface area (Å²) in [6, 6.07) is 3.83. The van der Waals surface area contributed by atoms with Crippen molar-refractivity contribution >= 4 is 11.9 Å². The number of aliphatic carboxylic acids is 1. The van der Waals surface area contributed by atoms with Crippen molar-refractivity contribution in [2.24, 2.45) is 5.73 Å². The van der Waals surface area contributed by atoms with Crippen LogP contribution in [0.3, 0.4) is 0 Å². The number of carbonyl (C=O) groups is 2. The van der Waals surface area contributed by atoms with Gasteiger partial charge >= 0.3 is 11.9 Å². The van der Waals surface area contributed by atoms with E-state index in [9.17, 15) is 9.59 Å². The minimum absolute atomic E-state index is 0.0314. The standard InChI is InChI=1S/C13H17NO6/c1-8(15)20-9-3-4-10(11(14)6-13(16)17)12(5-9)19-7-18-2/h3-5,11H,6-7,14H2,1-2H3,(H,16,17). The highest BCUT2D eigenvalue weighted by molar-refractivity contribution is 5.70. The fraction of sp³-hybridized carbons (Fsp3) is 0.385. The molecule has 7 heteroatoms. The molecule has 1 rings (SSSR count). The lowest BCUT2D eigenvalue weighted by atomic mass is 10.0. The second-order valence-corrected chi connectivity index (χ2v) is 4.05. The van der Waals surface area contributed by atoms with E-state index in [1.165, 1.54) is 26.2 Å². The number of carbonyl (C=O) groups excluding carboxylic acids is 1. The Morgan fingerprint density at radius 2 is 2.10 bits per heavy atom. The number of ether oxygens (including phenoxy) is 3. The average molecular weight is 283 g/mol. The van der Waals surface area contributed by atoms with Gasteiger partial charge in [0.05, 0.1) is 6.42 Å². The molecule has 1 aromatic carbocycles. The number of esters is 1. The maximum atomic E-state index is 10.9. The normalized spacial score (nSPS) is 11.8. The van der Waals surface area contributed by atoms with Gasteiger partial charge in [-0.05, 0) is 6.07 Å². The lowest BCUT2D eigenvalue weighted by Crippen LogP contribution is -2.16. The molecule has 7 nitrogen and oxygen atoms in total. The van der Waals surface area contributed by atoms with Gasteiger partial charge in [-0.2, -0.15) is 0 Å². The lowest BCUT2D eigenvalue weighted by molar-refractivity contribution is -0.137. The number of hydrogen-bond acceptors (Lipinski definition) is 6. The summed E-state index contributed by atoms with van der Waals surface area (Å²) < 4.78 is 15.1. The number of nitrogens with two attached hydrogens (primary N) is 1.